The van der Waals surface area contributed by atoms with Gasteiger partial charge < -0.3 is 14.8 Å². The first-order chi connectivity index (χ1) is 11.8. The van der Waals surface area contributed by atoms with Crippen LogP contribution in [0.25, 0.3) is 10.8 Å². The van der Waals surface area contributed by atoms with Crippen molar-refractivity contribution in [3.63, 3.8) is 0 Å². The Balaban J connectivity index is 1.82. The van der Waals surface area contributed by atoms with E-state index >= 15 is 0 Å². The molecule has 1 N–H and O–H groups in total. The van der Waals surface area contributed by atoms with Crippen LogP contribution >= 0.6 is 0 Å². The summed E-state index contributed by atoms with van der Waals surface area (Å²) in [5, 5.41) is 6.18. The smallest absolute Gasteiger partial charge is 0.161 e. The van der Waals surface area contributed by atoms with Gasteiger partial charge in [0.25, 0.3) is 0 Å². The van der Waals surface area contributed by atoms with Crippen molar-refractivity contribution in [2.45, 2.75) is 12.5 Å². The molecule has 0 spiro atoms. The van der Waals surface area contributed by atoms with Crippen molar-refractivity contribution in [2.24, 2.45) is 0 Å². The monoisotopic (exact) mass is 319 g/mol. The van der Waals surface area contributed by atoms with Crippen molar-refractivity contribution in [3.8, 4) is 11.5 Å². The number of ether oxygens (including phenoxy) is 2. The fourth-order valence-corrected chi connectivity index (χ4v) is 3.57. The third kappa shape index (κ3) is 2.51. The van der Waals surface area contributed by atoms with Gasteiger partial charge in [0.05, 0.1) is 20.3 Å². The third-order valence-electron chi connectivity index (χ3n) is 4.81. The van der Waals surface area contributed by atoms with Gasteiger partial charge in [-0.1, -0.05) is 36.4 Å². The second kappa shape index (κ2) is 6.17. The lowest BCUT2D eigenvalue weighted by Gasteiger charge is -2.28. The summed E-state index contributed by atoms with van der Waals surface area (Å²) in [5.41, 5.74) is 3.88. The quantitative estimate of drug-likeness (QED) is 0.788. The maximum absolute atomic E-state index is 5.50. The fourth-order valence-electron chi connectivity index (χ4n) is 3.57. The zero-order valence-corrected chi connectivity index (χ0v) is 14.0. The van der Waals surface area contributed by atoms with E-state index in [1.54, 1.807) is 14.2 Å². The van der Waals surface area contributed by atoms with Crippen LogP contribution in [0.3, 0.4) is 0 Å². The molecule has 0 saturated carbocycles. The molecule has 24 heavy (non-hydrogen) atoms. The maximum atomic E-state index is 5.50. The Morgan fingerprint density at radius 1 is 0.875 bits per heavy atom. The van der Waals surface area contributed by atoms with Crippen molar-refractivity contribution < 1.29 is 9.47 Å². The summed E-state index contributed by atoms with van der Waals surface area (Å²) < 4.78 is 11.0. The van der Waals surface area contributed by atoms with Gasteiger partial charge in [-0.25, -0.2) is 0 Å². The predicted molar refractivity (Wildman–Crippen MR) is 97.0 cm³/mol. The van der Waals surface area contributed by atoms with Crippen LogP contribution in [0.2, 0.25) is 0 Å². The zero-order valence-electron chi connectivity index (χ0n) is 14.0. The largest absolute Gasteiger partial charge is 0.493 e. The summed E-state index contributed by atoms with van der Waals surface area (Å²) in [6.07, 6.45) is 1.000. The Morgan fingerprint density at radius 3 is 2.42 bits per heavy atom. The number of fused-ring (bicyclic) bond motifs is 2. The van der Waals surface area contributed by atoms with Gasteiger partial charge in [0.15, 0.2) is 11.5 Å². The van der Waals surface area contributed by atoms with Crippen LogP contribution in [0, 0.1) is 0 Å². The first-order valence-corrected chi connectivity index (χ1v) is 8.27. The molecular formula is C21H21NO2. The highest BCUT2D eigenvalue weighted by atomic mass is 16.5. The van der Waals surface area contributed by atoms with E-state index in [9.17, 15) is 0 Å². The summed E-state index contributed by atoms with van der Waals surface area (Å²) in [6, 6.07) is 19.6. The Labute approximate surface area is 142 Å². The molecule has 0 bridgehead atoms. The lowest BCUT2D eigenvalue weighted by atomic mass is 9.88. The Kier molecular flexibility index (Phi) is 3.87. The molecule has 3 heteroatoms. The molecule has 122 valence electrons. The van der Waals surface area contributed by atoms with Crippen LogP contribution in [-0.4, -0.2) is 20.8 Å². The minimum atomic E-state index is 0.179. The molecule has 3 aromatic rings. The molecule has 3 aromatic carbocycles. The molecule has 1 atom stereocenters. The maximum Gasteiger partial charge on any atom is 0.161 e. The van der Waals surface area contributed by atoms with Crippen LogP contribution in [-0.2, 0) is 6.42 Å². The first kappa shape index (κ1) is 15.0. The predicted octanol–water partition coefficient (Wildman–Crippen LogP) is 4.09. The van der Waals surface area contributed by atoms with Gasteiger partial charge in [-0.15, -0.1) is 0 Å². The molecule has 0 aromatic heterocycles. The van der Waals surface area contributed by atoms with Crippen molar-refractivity contribution in [1.29, 1.82) is 0 Å². The van der Waals surface area contributed by atoms with Gasteiger partial charge >= 0.3 is 0 Å². The molecule has 0 fully saturated rings. The molecule has 1 heterocycles. The fraction of sp³-hybridized carbons (Fsp3) is 0.238. The van der Waals surface area contributed by atoms with E-state index in [4.69, 9.17) is 9.47 Å². The van der Waals surface area contributed by atoms with Gasteiger partial charge in [0, 0.05) is 6.54 Å². The zero-order chi connectivity index (χ0) is 16.5. The van der Waals surface area contributed by atoms with Crippen molar-refractivity contribution in [1.82, 2.24) is 5.32 Å². The summed E-state index contributed by atoms with van der Waals surface area (Å²) in [7, 11) is 3.37. The van der Waals surface area contributed by atoms with Crippen molar-refractivity contribution in [2.75, 3.05) is 20.8 Å². The van der Waals surface area contributed by atoms with Crippen LogP contribution in [0.4, 0.5) is 0 Å². The SMILES string of the molecule is COc1cc2c(cc1OC)C(c1ccc3ccccc3c1)NCC2. The van der Waals surface area contributed by atoms with Gasteiger partial charge in [0.1, 0.15) is 0 Å². The van der Waals surface area contributed by atoms with E-state index in [1.165, 1.54) is 27.5 Å². The molecular weight excluding hydrogens is 298 g/mol. The van der Waals surface area contributed by atoms with Crippen LogP contribution in [0.1, 0.15) is 22.7 Å². The second-order valence-electron chi connectivity index (χ2n) is 6.15. The summed E-state index contributed by atoms with van der Waals surface area (Å²) in [4.78, 5) is 0. The van der Waals surface area contributed by atoms with E-state index in [2.05, 4.69) is 59.9 Å². The molecule has 1 unspecified atom stereocenters. The van der Waals surface area contributed by atoms with Gasteiger partial charge in [0.2, 0.25) is 0 Å². The number of benzene rings is 3. The highest BCUT2D eigenvalue weighted by molar-refractivity contribution is 5.83. The number of methoxy groups -OCH3 is 2. The molecule has 0 amide bonds. The topological polar surface area (TPSA) is 30.5 Å². The Morgan fingerprint density at radius 2 is 1.62 bits per heavy atom. The lowest BCUT2D eigenvalue weighted by Crippen LogP contribution is -2.30. The molecule has 1 aliphatic rings. The number of rotatable bonds is 3. The number of hydrogen-bond acceptors (Lipinski definition) is 3. The molecule has 3 nitrogen and oxygen atoms in total. The van der Waals surface area contributed by atoms with E-state index < -0.39 is 0 Å². The van der Waals surface area contributed by atoms with Crippen LogP contribution < -0.4 is 14.8 Å². The van der Waals surface area contributed by atoms with Gasteiger partial charge in [-0.05, 0) is 52.1 Å². The van der Waals surface area contributed by atoms with Gasteiger partial charge in [-0.3, -0.25) is 0 Å². The normalized spacial score (nSPS) is 16.7. The van der Waals surface area contributed by atoms with E-state index in [0.29, 0.717) is 0 Å². The third-order valence-corrected chi connectivity index (χ3v) is 4.81. The minimum absolute atomic E-state index is 0.179. The Hall–Kier alpha value is -2.52. The minimum Gasteiger partial charge on any atom is -0.493 e. The number of hydrogen-bond donors (Lipinski definition) is 1. The highest BCUT2D eigenvalue weighted by Gasteiger charge is 2.24. The number of nitrogens with one attached hydrogen (secondary N) is 1. The molecule has 1 aliphatic heterocycles. The standard InChI is InChI=1S/C21H21NO2/c1-23-19-12-16-9-10-22-21(18(16)13-20(19)24-2)17-8-7-14-5-3-4-6-15(14)11-17/h3-8,11-13,21-22H,9-10H2,1-2H3. The first-order valence-electron chi connectivity index (χ1n) is 8.27. The van der Waals surface area contributed by atoms with Gasteiger partial charge in [-0.2, -0.15) is 0 Å². The summed E-state index contributed by atoms with van der Waals surface area (Å²) in [6.45, 7) is 0.958. The average Bonchev–Trinajstić information content (AvgIpc) is 2.65. The molecule has 0 aliphatic carbocycles. The Bertz CT molecular complexity index is 888. The second-order valence-corrected chi connectivity index (χ2v) is 6.15. The van der Waals surface area contributed by atoms with Crippen molar-refractivity contribution in [3.05, 3.63) is 71.3 Å². The van der Waals surface area contributed by atoms with Crippen LogP contribution in [0.15, 0.2) is 54.6 Å². The highest BCUT2D eigenvalue weighted by Crippen LogP contribution is 2.37. The van der Waals surface area contributed by atoms with E-state index in [1.807, 2.05) is 0 Å². The van der Waals surface area contributed by atoms with Crippen molar-refractivity contribution >= 4 is 10.8 Å². The summed E-state index contributed by atoms with van der Waals surface area (Å²) >= 11 is 0. The van der Waals surface area contributed by atoms with Crippen LogP contribution in [0.5, 0.6) is 11.5 Å². The lowest BCUT2D eigenvalue weighted by molar-refractivity contribution is 0.353. The molecule has 0 saturated heterocycles. The molecule has 0 radical (unpaired) electrons. The summed E-state index contributed by atoms with van der Waals surface area (Å²) in [5.74, 6) is 1.58. The van der Waals surface area contributed by atoms with E-state index in [0.717, 1.165) is 24.5 Å². The molecule has 4 rings (SSSR count). The van der Waals surface area contributed by atoms with E-state index in [-0.39, 0.29) is 6.04 Å². The average molecular weight is 319 g/mol.